The molecule has 1 atom stereocenters. The summed E-state index contributed by atoms with van der Waals surface area (Å²) in [5.41, 5.74) is 1.69. The molecule has 3 rings (SSSR count). The number of carbonyl (C=O) groups excluding carboxylic acids is 1. The number of hydrogen-bond acceptors (Lipinski definition) is 4. The molecule has 0 fully saturated rings. The standard InChI is InChI=1S/C17H16N2O4/c1-11-6-7-12(10-15(11)19(21)22)17(20)18-14-8-9-23-16-5-3-2-4-13(14)16/h2-7,10,14H,8-9H2,1H3,(H,18,20)/t14-/m0/s1. The van der Waals surface area contributed by atoms with Crippen molar-refractivity contribution in [2.75, 3.05) is 6.61 Å². The molecule has 0 radical (unpaired) electrons. The van der Waals surface area contributed by atoms with Crippen LogP contribution in [-0.2, 0) is 0 Å². The number of hydrogen-bond donors (Lipinski definition) is 1. The first-order chi connectivity index (χ1) is 11.1. The number of fused-ring (bicyclic) bond motifs is 1. The first kappa shape index (κ1) is 15.0. The number of nitrogens with zero attached hydrogens (tertiary/aromatic N) is 1. The second-order valence-electron chi connectivity index (χ2n) is 5.46. The van der Waals surface area contributed by atoms with Crippen molar-refractivity contribution in [3.05, 3.63) is 69.3 Å². The highest BCUT2D eigenvalue weighted by Gasteiger charge is 2.24. The van der Waals surface area contributed by atoms with Crippen LogP contribution in [0.15, 0.2) is 42.5 Å². The average Bonchev–Trinajstić information content (AvgIpc) is 2.55. The SMILES string of the molecule is Cc1ccc(C(=O)N[C@H]2CCOc3ccccc32)cc1[N+](=O)[O-]. The fraction of sp³-hybridized carbons (Fsp3) is 0.235. The predicted octanol–water partition coefficient (Wildman–Crippen LogP) is 3.16. The lowest BCUT2D eigenvalue weighted by Gasteiger charge is -2.26. The zero-order valence-electron chi connectivity index (χ0n) is 12.6. The smallest absolute Gasteiger partial charge is 0.273 e. The van der Waals surface area contributed by atoms with Gasteiger partial charge in [-0.1, -0.05) is 24.3 Å². The lowest BCUT2D eigenvalue weighted by Crippen LogP contribution is -2.32. The van der Waals surface area contributed by atoms with Crippen LogP contribution in [-0.4, -0.2) is 17.4 Å². The average molecular weight is 312 g/mol. The van der Waals surface area contributed by atoms with Gasteiger partial charge in [-0.25, -0.2) is 0 Å². The van der Waals surface area contributed by atoms with Gasteiger partial charge in [0.1, 0.15) is 5.75 Å². The number of amides is 1. The summed E-state index contributed by atoms with van der Waals surface area (Å²) in [5, 5.41) is 13.9. The van der Waals surface area contributed by atoms with Gasteiger partial charge in [-0.3, -0.25) is 14.9 Å². The van der Waals surface area contributed by atoms with Gasteiger partial charge in [-0.05, 0) is 19.1 Å². The van der Waals surface area contributed by atoms with Crippen molar-refractivity contribution in [3.8, 4) is 5.75 Å². The summed E-state index contributed by atoms with van der Waals surface area (Å²) < 4.78 is 5.57. The Morgan fingerprint density at radius 2 is 2.09 bits per heavy atom. The van der Waals surface area contributed by atoms with Gasteiger partial charge < -0.3 is 10.1 Å². The molecule has 23 heavy (non-hydrogen) atoms. The van der Waals surface area contributed by atoms with Crippen molar-refractivity contribution < 1.29 is 14.5 Å². The van der Waals surface area contributed by atoms with Gasteiger partial charge in [0.05, 0.1) is 17.6 Å². The van der Waals surface area contributed by atoms with E-state index in [2.05, 4.69) is 5.32 Å². The van der Waals surface area contributed by atoms with Crippen LogP contribution < -0.4 is 10.1 Å². The predicted molar refractivity (Wildman–Crippen MR) is 84.6 cm³/mol. The molecule has 0 saturated heterocycles. The van der Waals surface area contributed by atoms with E-state index in [9.17, 15) is 14.9 Å². The molecule has 1 heterocycles. The monoisotopic (exact) mass is 312 g/mol. The highest BCUT2D eigenvalue weighted by atomic mass is 16.6. The Hall–Kier alpha value is -2.89. The van der Waals surface area contributed by atoms with Crippen molar-refractivity contribution in [1.29, 1.82) is 0 Å². The molecule has 2 aromatic rings. The van der Waals surface area contributed by atoms with E-state index in [-0.39, 0.29) is 23.2 Å². The number of para-hydroxylation sites is 1. The number of nitro groups is 1. The second-order valence-corrected chi connectivity index (χ2v) is 5.46. The van der Waals surface area contributed by atoms with Gasteiger partial charge in [0.25, 0.3) is 11.6 Å². The molecule has 2 aromatic carbocycles. The van der Waals surface area contributed by atoms with E-state index in [0.717, 1.165) is 11.3 Å². The summed E-state index contributed by atoms with van der Waals surface area (Å²) in [6.45, 7) is 2.17. The van der Waals surface area contributed by atoms with Crippen LogP contribution in [0.3, 0.4) is 0 Å². The molecule has 1 N–H and O–H groups in total. The fourth-order valence-corrected chi connectivity index (χ4v) is 2.68. The van der Waals surface area contributed by atoms with Crippen molar-refractivity contribution in [2.24, 2.45) is 0 Å². The minimum Gasteiger partial charge on any atom is -0.493 e. The quantitative estimate of drug-likeness (QED) is 0.697. The Kier molecular flexibility index (Phi) is 3.97. The van der Waals surface area contributed by atoms with Crippen molar-refractivity contribution in [1.82, 2.24) is 5.32 Å². The Labute approximate surface area is 133 Å². The molecular formula is C17H16N2O4. The molecule has 0 spiro atoms. The van der Waals surface area contributed by atoms with Crippen LogP contribution in [0.25, 0.3) is 0 Å². The van der Waals surface area contributed by atoms with E-state index in [1.165, 1.54) is 6.07 Å². The van der Waals surface area contributed by atoms with Crippen LogP contribution in [0, 0.1) is 17.0 Å². The van der Waals surface area contributed by atoms with E-state index in [4.69, 9.17) is 4.74 Å². The topological polar surface area (TPSA) is 81.5 Å². The van der Waals surface area contributed by atoms with Gasteiger partial charge in [-0.2, -0.15) is 0 Å². The summed E-state index contributed by atoms with van der Waals surface area (Å²) in [7, 11) is 0. The molecule has 6 heteroatoms. The Bertz CT molecular complexity index is 773. The number of nitro benzene ring substituents is 1. The third kappa shape index (κ3) is 3.01. The number of aryl methyl sites for hydroxylation is 1. The highest BCUT2D eigenvalue weighted by molar-refractivity contribution is 5.95. The van der Waals surface area contributed by atoms with E-state index in [1.54, 1.807) is 19.1 Å². The number of benzene rings is 2. The van der Waals surface area contributed by atoms with Crippen LogP contribution in [0.1, 0.15) is 33.9 Å². The number of carbonyl (C=O) groups is 1. The van der Waals surface area contributed by atoms with Crippen molar-refractivity contribution in [2.45, 2.75) is 19.4 Å². The summed E-state index contributed by atoms with van der Waals surface area (Å²) in [6, 6.07) is 11.9. The second kappa shape index (κ2) is 6.08. The molecule has 0 aromatic heterocycles. The van der Waals surface area contributed by atoms with Crippen LogP contribution in [0.5, 0.6) is 5.75 Å². The summed E-state index contributed by atoms with van der Waals surface area (Å²) in [4.78, 5) is 23.0. The molecule has 118 valence electrons. The Balaban J connectivity index is 1.83. The van der Waals surface area contributed by atoms with E-state index >= 15 is 0 Å². The van der Waals surface area contributed by atoms with Gasteiger partial charge >= 0.3 is 0 Å². The van der Waals surface area contributed by atoms with Crippen molar-refractivity contribution >= 4 is 11.6 Å². The number of nitrogens with one attached hydrogen (secondary N) is 1. The van der Waals surface area contributed by atoms with Gasteiger partial charge in [0, 0.05) is 29.2 Å². The molecule has 1 aliphatic rings. The number of rotatable bonds is 3. The third-order valence-electron chi connectivity index (χ3n) is 3.93. The summed E-state index contributed by atoms with van der Waals surface area (Å²) in [6.07, 6.45) is 0.663. The Morgan fingerprint density at radius 3 is 2.87 bits per heavy atom. The maximum absolute atomic E-state index is 12.4. The minimum atomic E-state index is -0.476. The fourth-order valence-electron chi connectivity index (χ4n) is 2.68. The molecular weight excluding hydrogens is 296 g/mol. The molecule has 6 nitrogen and oxygen atoms in total. The largest absolute Gasteiger partial charge is 0.493 e. The van der Waals surface area contributed by atoms with E-state index in [0.29, 0.717) is 18.6 Å². The Morgan fingerprint density at radius 1 is 1.30 bits per heavy atom. The van der Waals surface area contributed by atoms with Crippen LogP contribution >= 0.6 is 0 Å². The summed E-state index contributed by atoms with van der Waals surface area (Å²) >= 11 is 0. The van der Waals surface area contributed by atoms with Gasteiger partial charge in [-0.15, -0.1) is 0 Å². The maximum atomic E-state index is 12.4. The number of ether oxygens (including phenoxy) is 1. The zero-order valence-corrected chi connectivity index (χ0v) is 12.6. The summed E-state index contributed by atoms with van der Waals surface area (Å²) in [5.74, 6) is 0.439. The minimum absolute atomic E-state index is 0.0509. The normalized spacial score (nSPS) is 16.1. The molecule has 0 unspecified atom stereocenters. The third-order valence-corrected chi connectivity index (χ3v) is 3.93. The van der Waals surface area contributed by atoms with Gasteiger partial charge in [0.15, 0.2) is 0 Å². The van der Waals surface area contributed by atoms with Crippen LogP contribution in [0.2, 0.25) is 0 Å². The van der Waals surface area contributed by atoms with Crippen molar-refractivity contribution in [3.63, 3.8) is 0 Å². The zero-order chi connectivity index (χ0) is 16.4. The van der Waals surface area contributed by atoms with E-state index < -0.39 is 4.92 Å². The molecule has 0 saturated carbocycles. The molecule has 1 amide bonds. The van der Waals surface area contributed by atoms with E-state index in [1.807, 2.05) is 24.3 Å². The molecule has 0 bridgehead atoms. The first-order valence-electron chi connectivity index (χ1n) is 7.34. The highest BCUT2D eigenvalue weighted by Crippen LogP contribution is 2.31. The first-order valence-corrected chi connectivity index (χ1v) is 7.34. The van der Waals surface area contributed by atoms with Crippen LogP contribution in [0.4, 0.5) is 5.69 Å². The molecule has 1 aliphatic heterocycles. The lowest BCUT2D eigenvalue weighted by atomic mass is 10.00. The maximum Gasteiger partial charge on any atom is 0.273 e. The molecule has 0 aliphatic carbocycles. The van der Waals surface area contributed by atoms with Gasteiger partial charge in [0.2, 0.25) is 0 Å². The lowest BCUT2D eigenvalue weighted by molar-refractivity contribution is -0.385.